The molecule has 0 aliphatic heterocycles. The molecule has 0 atom stereocenters. The van der Waals surface area contributed by atoms with E-state index in [1.807, 2.05) is 12.1 Å². The Hall–Kier alpha value is -0.610. The standard InChI is InChI=1S/C11H16BrNO2/c1-9(2)8-14-6-7-15-11-10(12)4-3-5-13-11/h3-5,9H,6-8H2,1-2H3. The summed E-state index contributed by atoms with van der Waals surface area (Å²) in [7, 11) is 0. The Bertz CT molecular complexity index is 292. The molecule has 0 unspecified atom stereocenters. The summed E-state index contributed by atoms with van der Waals surface area (Å²) in [5.74, 6) is 1.18. The highest BCUT2D eigenvalue weighted by atomic mass is 79.9. The van der Waals surface area contributed by atoms with Crippen molar-refractivity contribution in [3.05, 3.63) is 22.8 Å². The molecule has 3 nitrogen and oxygen atoms in total. The van der Waals surface area contributed by atoms with Crippen LogP contribution in [0, 0.1) is 5.92 Å². The lowest BCUT2D eigenvalue weighted by Crippen LogP contribution is -2.10. The highest BCUT2D eigenvalue weighted by molar-refractivity contribution is 9.10. The Balaban J connectivity index is 2.18. The SMILES string of the molecule is CC(C)COCCOc1ncccc1Br. The Morgan fingerprint density at radius 2 is 2.20 bits per heavy atom. The van der Waals surface area contributed by atoms with Crippen LogP contribution in [0.2, 0.25) is 0 Å². The molecule has 84 valence electrons. The third-order valence-corrected chi connectivity index (χ3v) is 2.25. The Morgan fingerprint density at radius 1 is 1.40 bits per heavy atom. The lowest BCUT2D eigenvalue weighted by molar-refractivity contribution is 0.0804. The average Bonchev–Trinajstić information content (AvgIpc) is 2.20. The summed E-state index contributed by atoms with van der Waals surface area (Å²) < 4.78 is 11.7. The minimum atomic E-state index is 0.530. The normalized spacial score (nSPS) is 10.7. The summed E-state index contributed by atoms with van der Waals surface area (Å²) in [5, 5.41) is 0. The van der Waals surface area contributed by atoms with Crippen LogP contribution in [0.4, 0.5) is 0 Å². The van der Waals surface area contributed by atoms with E-state index >= 15 is 0 Å². The van der Waals surface area contributed by atoms with Crippen molar-refractivity contribution in [2.24, 2.45) is 5.92 Å². The second-order valence-electron chi connectivity index (χ2n) is 3.61. The van der Waals surface area contributed by atoms with Crippen molar-refractivity contribution in [3.63, 3.8) is 0 Å². The van der Waals surface area contributed by atoms with Gasteiger partial charge < -0.3 is 9.47 Å². The van der Waals surface area contributed by atoms with Gasteiger partial charge in [0, 0.05) is 12.8 Å². The van der Waals surface area contributed by atoms with Crippen molar-refractivity contribution in [2.45, 2.75) is 13.8 Å². The molecule has 4 heteroatoms. The molecule has 1 rings (SSSR count). The van der Waals surface area contributed by atoms with Crippen LogP contribution >= 0.6 is 15.9 Å². The number of nitrogens with zero attached hydrogens (tertiary/aromatic N) is 1. The summed E-state index contributed by atoms with van der Waals surface area (Å²) in [6, 6.07) is 3.75. The van der Waals surface area contributed by atoms with Crippen molar-refractivity contribution in [1.29, 1.82) is 0 Å². The number of ether oxygens (including phenoxy) is 2. The first kappa shape index (κ1) is 12.5. The number of pyridine rings is 1. The molecule has 0 fully saturated rings. The average molecular weight is 274 g/mol. The fourth-order valence-corrected chi connectivity index (χ4v) is 1.36. The van der Waals surface area contributed by atoms with E-state index < -0.39 is 0 Å². The van der Waals surface area contributed by atoms with E-state index in [1.54, 1.807) is 6.20 Å². The molecule has 0 amide bonds. The number of rotatable bonds is 6. The number of hydrogen-bond acceptors (Lipinski definition) is 3. The maximum Gasteiger partial charge on any atom is 0.228 e. The van der Waals surface area contributed by atoms with E-state index in [4.69, 9.17) is 9.47 Å². The largest absolute Gasteiger partial charge is 0.474 e. The summed E-state index contributed by atoms with van der Waals surface area (Å²) in [6.07, 6.45) is 1.70. The molecule has 1 aromatic rings. The molecule has 1 aromatic heterocycles. The fourth-order valence-electron chi connectivity index (χ4n) is 0.994. The van der Waals surface area contributed by atoms with Gasteiger partial charge in [0.05, 0.1) is 11.1 Å². The van der Waals surface area contributed by atoms with E-state index in [1.165, 1.54) is 0 Å². The van der Waals surface area contributed by atoms with Crippen molar-refractivity contribution in [3.8, 4) is 5.88 Å². The van der Waals surface area contributed by atoms with Crippen LogP contribution < -0.4 is 4.74 Å². The quantitative estimate of drug-likeness (QED) is 0.747. The molecule has 0 aliphatic carbocycles. The van der Waals surface area contributed by atoms with E-state index in [0.29, 0.717) is 25.0 Å². The second kappa shape index (κ2) is 6.80. The number of aromatic nitrogens is 1. The Kier molecular flexibility index (Phi) is 5.65. The summed E-state index contributed by atoms with van der Waals surface area (Å²) in [4.78, 5) is 4.09. The molecule has 0 N–H and O–H groups in total. The van der Waals surface area contributed by atoms with Crippen molar-refractivity contribution in [1.82, 2.24) is 4.98 Å². The smallest absolute Gasteiger partial charge is 0.228 e. The zero-order valence-corrected chi connectivity index (χ0v) is 10.7. The molecular weight excluding hydrogens is 258 g/mol. The van der Waals surface area contributed by atoms with E-state index in [0.717, 1.165) is 11.1 Å². The van der Waals surface area contributed by atoms with E-state index in [2.05, 4.69) is 34.8 Å². The van der Waals surface area contributed by atoms with Crippen LogP contribution in [-0.2, 0) is 4.74 Å². The molecule has 1 heterocycles. The summed E-state index contributed by atoms with van der Waals surface area (Å²) >= 11 is 3.36. The molecule has 0 spiro atoms. The van der Waals surface area contributed by atoms with Gasteiger partial charge in [0.2, 0.25) is 5.88 Å². The van der Waals surface area contributed by atoms with Gasteiger partial charge in [-0.05, 0) is 34.0 Å². The van der Waals surface area contributed by atoms with Gasteiger partial charge in [-0.2, -0.15) is 0 Å². The number of halogens is 1. The summed E-state index contributed by atoms with van der Waals surface area (Å²) in [6.45, 7) is 6.14. The van der Waals surface area contributed by atoms with Gasteiger partial charge in [0.15, 0.2) is 0 Å². The zero-order chi connectivity index (χ0) is 11.1. The predicted molar refractivity (Wildman–Crippen MR) is 63.1 cm³/mol. The van der Waals surface area contributed by atoms with Gasteiger partial charge >= 0.3 is 0 Å². The molecular formula is C11H16BrNO2. The molecule has 0 bridgehead atoms. The maximum atomic E-state index is 5.44. The number of hydrogen-bond donors (Lipinski definition) is 0. The summed E-state index contributed by atoms with van der Waals surface area (Å²) in [5.41, 5.74) is 0. The van der Waals surface area contributed by atoms with Gasteiger partial charge in [-0.25, -0.2) is 4.98 Å². The Morgan fingerprint density at radius 3 is 2.87 bits per heavy atom. The van der Waals surface area contributed by atoms with Crippen LogP contribution in [-0.4, -0.2) is 24.8 Å². The van der Waals surface area contributed by atoms with Crippen LogP contribution in [0.25, 0.3) is 0 Å². The van der Waals surface area contributed by atoms with Crippen molar-refractivity contribution < 1.29 is 9.47 Å². The van der Waals surface area contributed by atoms with Crippen molar-refractivity contribution >= 4 is 15.9 Å². The van der Waals surface area contributed by atoms with Crippen LogP contribution in [0.15, 0.2) is 22.8 Å². The highest BCUT2D eigenvalue weighted by Gasteiger charge is 2.00. The first-order chi connectivity index (χ1) is 7.20. The van der Waals surface area contributed by atoms with Crippen LogP contribution in [0.1, 0.15) is 13.8 Å². The molecule has 0 saturated heterocycles. The van der Waals surface area contributed by atoms with Crippen molar-refractivity contribution in [2.75, 3.05) is 19.8 Å². The van der Waals surface area contributed by atoms with Gasteiger partial charge in [-0.15, -0.1) is 0 Å². The molecule has 0 saturated carbocycles. The second-order valence-corrected chi connectivity index (χ2v) is 4.46. The fraction of sp³-hybridized carbons (Fsp3) is 0.545. The van der Waals surface area contributed by atoms with Gasteiger partial charge in [-0.3, -0.25) is 0 Å². The van der Waals surface area contributed by atoms with Gasteiger partial charge in [0.1, 0.15) is 6.61 Å². The topological polar surface area (TPSA) is 31.4 Å². The van der Waals surface area contributed by atoms with Gasteiger partial charge in [-0.1, -0.05) is 13.8 Å². The maximum absolute atomic E-state index is 5.44. The molecule has 0 aliphatic rings. The van der Waals surface area contributed by atoms with Crippen LogP contribution in [0.3, 0.4) is 0 Å². The first-order valence-corrected chi connectivity index (χ1v) is 5.80. The zero-order valence-electron chi connectivity index (χ0n) is 9.07. The lowest BCUT2D eigenvalue weighted by Gasteiger charge is -2.08. The lowest BCUT2D eigenvalue weighted by atomic mass is 10.2. The van der Waals surface area contributed by atoms with E-state index in [-0.39, 0.29) is 0 Å². The third-order valence-electron chi connectivity index (χ3n) is 1.64. The Labute approximate surface area is 98.9 Å². The third kappa shape index (κ3) is 5.14. The van der Waals surface area contributed by atoms with Gasteiger partial charge in [0.25, 0.3) is 0 Å². The van der Waals surface area contributed by atoms with Crippen LogP contribution in [0.5, 0.6) is 5.88 Å². The molecule has 15 heavy (non-hydrogen) atoms. The minimum Gasteiger partial charge on any atom is -0.474 e. The highest BCUT2D eigenvalue weighted by Crippen LogP contribution is 2.20. The monoisotopic (exact) mass is 273 g/mol. The van der Waals surface area contributed by atoms with E-state index in [9.17, 15) is 0 Å². The molecule has 0 aromatic carbocycles. The first-order valence-electron chi connectivity index (χ1n) is 5.01. The molecule has 0 radical (unpaired) electrons. The predicted octanol–water partition coefficient (Wildman–Crippen LogP) is 2.90. The minimum absolute atomic E-state index is 0.530.